The molecule has 0 saturated heterocycles. The molecule has 4 heteroatoms. The molecular weight excluding hydrogens is 291 g/mol. The Bertz CT molecular complexity index is 659. The molecule has 2 N–H and O–H groups in total. The van der Waals surface area contributed by atoms with E-state index >= 15 is 0 Å². The summed E-state index contributed by atoms with van der Waals surface area (Å²) >= 11 is 11.8. The van der Waals surface area contributed by atoms with Crippen LogP contribution < -0.4 is 5.73 Å². The molecule has 2 aromatic carbocycles. The Morgan fingerprint density at radius 1 is 1.10 bits per heavy atom. The molecule has 0 aliphatic carbocycles. The summed E-state index contributed by atoms with van der Waals surface area (Å²) in [6.07, 6.45) is 3.66. The van der Waals surface area contributed by atoms with Crippen LogP contribution in [0.4, 0.5) is 5.69 Å². The number of hydrogen-bond donors (Lipinski definition) is 1. The molecule has 2 aromatic rings. The Morgan fingerprint density at radius 2 is 1.80 bits per heavy atom. The zero-order valence-corrected chi connectivity index (χ0v) is 12.5. The van der Waals surface area contributed by atoms with Crippen LogP contribution in [0, 0.1) is 6.92 Å². The highest BCUT2D eigenvalue weighted by atomic mass is 35.5. The van der Waals surface area contributed by atoms with Crippen LogP contribution in [0.25, 0.3) is 6.08 Å². The first kappa shape index (κ1) is 14.6. The van der Waals surface area contributed by atoms with Gasteiger partial charge in [-0.25, -0.2) is 4.99 Å². The van der Waals surface area contributed by atoms with Crippen molar-refractivity contribution in [2.45, 2.75) is 6.92 Å². The number of nitrogens with zero attached hydrogens (tertiary/aromatic N) is 1. The third-order valence-electron chi connectivity index (χ3n) is 2.71. The maximum atomic E-state index is 5.98. The molecule has 0 bridgehead atoms. The van der Waals surface area contributed by atoms with Gasteiger partial charge in [0.1, 0.15) is 5.84 Å². The van der Waals surface area contributed by atoms with Gasteiger partial charge in [-0.05, 0) is 54.5 Å². The number of halogens is 2. The van der Waals surface area contributed by atoms with Crippen LogP contribution in [-0.2, 0) is 0 Å². The van der Waals surface area contributed by atoms with Crippen LogP contribution >= 0.6 is 23.2 Å². The SMILES string of the molecule is Cc1cc(/C=C/C(N)=Nc2ccc(Cl)cc2)ccc1Cl. The van der Waals surface area contributed by atoms with Gasteiger partial charge < -0.3 is 5.73 Å². The molecule has 0 radical (unpaired) electrons. The fourth-order valence-corrected chi connectivity index (χ4v) is 1.90. The summed E-state index contributed by atoms with van der Waals surface area (Å²) in [6.45, 7) is 1.96. The molecule has 0 heterocycles. The smallest absolute Gasteiger partial charge is 0.124 e. The summed E-state index contributed by atoms with van der Waals surface area (Å²) in [5, 5.41) is 1.43. The third-order valence-corrected chi connectivity index (χ3v) is 3.39. The number of benzene rings is 2. The predicted octanol–water partition coefficient (Wildman–Crippen LogP) is 5.00. The first-order valence-corrected chi connectivity index (χ1v) is 6.84. The zero-order valence-electron chi connectivity index (χ0n) is 11.0. The van der Waals surface area contributed by atoms with Crippen molar-refractivity contribution in [1.82, 2.24) is 0 Å². The lowest BCUT2D eigenvalue weighted by Gasteiger charge is -1.99. The fourth-order valence-electron chi connectivity index (χ4n) is 1.66. The molecule has 0 fully saturated rings. The van der Waals surface area contributed by atoms with Gasteiger partial charge in [-0.2, -0.15) is 0 Å². The number of aliphatic imine (C=N–C) groups is 1. The number of aryl methyl sites for hydroxylation is 1. The zero-order chi connectivity index (χ0) is 14.5. The summed E-state index contributed by atoms with van der Waals surface area (Å²) in [5.41, 5.74) is 8.69. The highest BCUT2D eigenvalue weighted by molar-refractivity contribution is 6.31. The minimum absolute atomic E-state index is 0.430. The summed E-state index contributed by atoms with van der Waals surface area (Å²) in [6, 6.07) is 13.0. The molecule has 0 aliphatic heterocycles. The quantitative estimate of drug-likeness (QED) is 0.628. The van der Waals surface area contributed by atoms with Gasteiger partial charge in [0.05, 0.1) is 5.69 Å². The monoisotopic (exact) mass is 304 g/mol. The summed E-state index contributed by atoms with van der Waals surface area (Å²) in [5.74, 6) is 0.430. The van der Waals surface area contributed by atoms with Gasteiger partial charge in [0.2, 0.25) is 0 Å². The standard InChI is InChI=1S/C16H14Cl2N2/c1-11-10-12(2-8-15(11)18)3-9-16(19)20-14-6-4-13(17)5-7-14/h2-10H,1H3,(H2,19,20)/b9-3+. The van der Waals surface area contributed by atoms with Gasteiger partial charge in [-0.3, -0.25) is 0 Å². The van der Waals surface area contributed by atoms with Crippen molar-refractivity contribution in [2.24, 2.45) is 10.7 Å². The van der Waals surface area contributed by atoms with Gasteiger partial charge in [-0.1, -0.05) is 41.4 Å². The molecule has 0 saturated carbocycles. The van der Waals surface area contributed by atoms with Crippen LogP contribution in [0.15, 0.2) is 53.5 Å². The molecule has 0 aromatic heterocycles. The maximum Gasteiger partial charge on any atom is 0.124 e. The molecule has 0 spiro atoms. The lowest BCUT2D eigenvalue weighted by atomic mass is 10.1. The second-order valence-electron chi connectivity index (χ2n) is 4.36. The van der Waals surface area contributed by atoms with Crippen LogP contribution in [0.5, 0.6) is 0 Å². The first-order valence-electron chi connectivity index (χ1n) is 6.08. The Labute approximate surface area is 128 Å². The summed E-state index contributed by atoms with van der Waals surface area (Å²) < 4.78 is 0. The van der Waals surface area contributed by atoms with E-state index in [1.807, 2.05) is 43.3 Å². The van der Waals surface area contributed by atoms with Gasteiger partial charge in [-0.15, -0.1) is 0 Å². The molecular formula is C16H14Cl2N2. The van der Waals surface area contributed by atoms with Gasteiger partial charge in [0.15, 0.2) is 0 Å². The van der Waals surface area contributed by atoms with Gasteiger partial charge >= 0.3 is 0 Å². The van der Waals surface area contributed by atoms with Crippen molar-refractivity contribution in [3.05, 3.63) is 69.7 Å². The second kappa shape index (κ2) is 6.60. The highest BCUT2D eigenvalue weighted by Gasteiger charge is 1.95. The van der Waals surface area contributed by atoms with Crippen molar-refractivity contribution < 1.29 is 0 Å². The average Bonchev–Trinajstić information content (AvgIpc) is 2.43. The van der Waals surface area contributed by atoms with Gasteiger partial charge in [0, 0.05) is 10.0 Å². The largest absolute Gasteiger partial charge is 0.384 e. The average molecular weight is 305 g/mol. The van der Waals surface area contributed by atoms with Crippen LogP contribution in [0.2, 0.25) is 10.0 Å². The van der Waals surface area contributed by atoms with E-state index in [1.165, 1.54) is 0 Å². The topological polar surface area (TPSA) is 38.4 Å². The molecule has 20 heavy (non-hydrogen) atoms. The Hall–Kier alpha value is -1.77. The lowest BCUT2D eigenvalue weighted by molar-refractivity contribution is 1.45. The predicted molar refractivity (Wildman–Crippen MR) is 88.0 cm³/mol. The van der Waals surface area contributed by atoms with Crippen molar-refractivity contribution in [3.8, 4) is 0 Å². The van der Waals surface area contributed by atoms with E-state index in [-0.39, 0.29) is 0 Å². The van der Waals surface area contributed by atoms with E-state index in [0.717, 1.165) is 21.8 Å². The Kier molecular flexibility index (Phi) is 4.83. The van der Waals surface area contributed by atoms with Crippen molar-refractivity contribution in [3.63, 3.8) is 0 Å². The van der Waals surface area contributed by atoms with Crippen molar-refractivity contribution in [2.75, 3.05) is 0 Å². The number of nitrogens with two attached hydrogens (primary N) is 1. The van der Waals surface area contributed by atoms with E-state index in [0.29, 0.717) is 10.9 Å². The lowest BCUT2D eigenvalue weighted by Crippen LogP contribution is -2.06. The molecule has 0 aliphatic rings. The van der Waals surface area contributed by atoms with Crippen molar-refractivity contribution >= 4 is 40.8 Å². The van der Waals surface area contributed by atoms with Crippen molar-refractivity contribution in [1.29, 1.82) is 0 Å². The number of hydrogen-bond acceptors (Lipinski definition) is 1. The van der Waals surface area contributed by atoms with E-state index in [1.54, 1.807) is 18.2 Å². The van der Waals surface area contributed by atoms with Crippen LogP contribution in [0.3, 0.4) is 0 Å². The molecule has 2 rings (SSSR count). The normalized spacial score (nSPS) is 12.1. The summed E-state index contributed by atoms with van der Waals surface area (Å²) in [4.78, 5) is 4.28. The number of amidine groups is 1. The fraction of sp³-hybridized carbons (Fsp3) is 0.0625. The summed E-state index contributed by atoms with van der Waals surface area (Å²) in [7, 11) is 0. The Balaban J connectivity index is 2.13. The first-order chi connectivity index (χ1) is 9.54. The molecule has 0 amide bonds. The minimum Gasteiger partial charge on any atom is -0.384 e. The van der Waals surface area contributed by atoms with E-state index in [2.05, 4.69) is 4.99 Å². The molecule has 2 nitrogen and oxygen atoms in total. The Morgan fingerprint density at radius 3 is 2.45 bits per heavy atom. The van der Waals surface area contributed by atoms with E-state index in [9.17, 15) is 0 Å². The molecule has 102 valence electrons. The highest BCUT2D eigenvalue weighted by Crippen LogP contribution is 2.18. The van der Waals surface area contributed by atoms with Crippen LogP contribution in [0.1, 0.15) is 11.1 Å². The van der Waals surface area contributed by atoms with E-state index < -0.39 is 0 Å². The molecule has 0 unspecified atom stereocenters. The number of rotatable bonds is 3. The molecule has 0 atom stereocenters. The minimum atomic E-state index is 0.430. The van der Waals surface area contributed by atoms with Crippen LogP contribution in [-0.4, -0.2) is 5.84 Å². The third kappa shape index (κ3) is 4.12. The second-order valence-corrected chi connectivity index (χ2v) is 5.20. The van der Waals surface area contributed by atoms with Gasteiger partial charge in [0.25, 0.3) is 0 Å². The maximum absolute atomic E-state index is 5.98. The van der Waals surface area contributed by atoms with E-state index in [4.69, 9.17) is 28.9 Å².